The molecule has 0 spiro atoms. The van der Waals surface area contributed by atoms with Crippen molar-refractivity contribution in [1.29, 1.82) is 0 Å². The maximum atomic E-state index is 12.5. The molecule has 1 aliphatic rings. The molecule has 0 amide bonds. The van der Waals surface area contributed by atoms with Crippen LogP contribution in [-0.2, 0) is 23.1 Å². The van der Waals surface area contributed by atoms with E-state index in [4.69, 9.17) is 4.98 Å². The van der Waals surface area contributed by atoms with Gasteiger partial charge < -0.3 is 4.57 Å². The highest BCUT2D eigenvalue weighted by atomic mass is 32.2. The number of nitrogens with zero attached hydrogens (tertiary/aromatic N) is 6. The summed E-state index contributed by atoms with van der Waals surface area (Å²) in [6.07, 6.45) is 8.45. The van der Waals surface area contributed by atoms with E-state index < -0.39 is 10.0 Å². The van der Waals surface area contributed by atoms with E-state index in [1.165, 1.54) is 4.31 Å². The van der Waals surface area contributed by atoms with Gasteiger partial charge >= 0.3 is 0 Å². The number of hydrogen-bond acceptors (Lipinski definition) is 6. The van der Waals surface area contributed by atoms with Crippen LogP contribution in [0.4, 0.5) is 0 Å². The molecule has 0 bridgehead atoms. The third kappa shape index (κ3) is 4.49. The Morgan fingerprint density at radius 2 is 1.94 bits per heavy atom. The molecule has 1 aromatic carbocycles. The van der Waals surface area contributed by atoms with Crippen molar-refractivity contribution in [2.45, 2.75) is 50.1 Å². The van der Waals surface area contributed by atoms with Gasteiger partial charge in [0.1, 0.15) is 5.82 Å². The molecule has 31 heavy (non-hydrogen) atoms. The molecule has 166 valence electrons. The highest BCUT2D eigenvalue weighted by molar-refractivity contribution is 7.89. The smallest absolute Gasteiger partial charge is 0.242 e. The average molecular weight is 443 g/mol. The normalized spacial score (nSPS) is 16.4. The molecule has 1 saturated heterocycles. The molecule has 1 fully saturated rings. The van der Waals surface area contributed by atoms with Crippen LogP contribution in [0, 0.1) is 0 Å². The first-order chi connectivity index (χ1) is 14.9. The van der Waals surface area contributed by atoms with E-state index in [-0.39, 0.29) is 4.90 Å². The molecule has 0 unspecified atom stereocenters. The third-order valence-electron chi connectivity index (χ3n) is 5.98. The zero-order chi connectivity index (χ0) is 22.0. The Balaban J connectivity index is 1.55. The zero-order valence-electron chi connectivity index (χ0n) is 18.4. The number of fused-ring (bicyclic) bond motifs is 1. The number of benzene rings is 1. The molecular formula is C22H30N6O2S. The molecule has 3 heterocycles. The van der Waals surface area contributed by atoms with Crippen LogP contribution in [0.3, 0.4) is 0 Å². The molecule has 8 nitrogen and oxygen atoms in total. The fourth-order valence-electron chi connectivity index (χ4n) is 4.23. The molecule has 0 aliphatic carbocycles. The number of piperidine rings is 1. The first-order valence-corrected chi connectivity index (χ1v) is 12.2. The summed E-state index contributed by atoms with van der Waals surface area (Å²) in [5.74, 6) is 1.45. The summed E-state index contributed by atoms with van der Waals surface area (Å²) in [6.45, 7) is 5.74. The van der Waals surface area contributed by atoms with Gasteiger partial charge in [-0.25, -0.2) is 17.7 Å². The molecule has 9 heteroatoms. The maximum Gasteiger partial charge on any atom is 0.242 e. The third-order valence-corrected chi connectivity index (χ3v) is 7.79. The van der Waals surface area contributed by atoms with Gasteiger partial charge in [0.25, 0.3) is 0 Å². The lowest BCUT2D eigenvalue weighted by Gasteiger charge is -2.31. The number of aryl methyl sites for hydroxylation is 1. The molecule has 2 aromatic heterocycles. The van der Waals surface area contributed by atoms with E-state index in [0.29, 0.717) is 5.92 Å². The van der Waals surface area contributed by atoms with Gasteiger partial charge in [-0.1, -0.05) is 6.92 Å². The summed E-state index contributed by atoms with van der Waals surface area (Å²) < 4.78 is 28.5. The first-order valence-electron chi connectivity index (χ1n) is 10.8. The number of likely N-dealkylation sites (tertiary alicyclic amines) is 1. The quantitative estimate of drug-likeness (QED) is 0.559. The fourth-order valence-corrected chi connectivity index (χ4v) is 5.16. The van der Waals surface area contributed by atoms with E-state index >= 15 is 0 Å². The van der Waals surface area contributed by atoms with E-state index in [9.17, 15) is 8.42 Å². The van der Waals surface area contributed by atoms with Crippen LogP contribution in [0.2, 0.25) is 0 Å². The standard InChI is InChI=1S/C22H30N6O2S/c1-4-11-28-21-6-5-18(31(29,30)26(2)3)14-19(21)25-22(28)16-27-12-7-17(8-13-27)20-15-23-9-10-24-20/h5-6,9-10,14-15,17H,4,7-8,11-13,16H2,1-3H3. The van der Waals surface area contributed by atoms with Crippen molar-refractivity contribution in [3.63, 3.8) is 0 Å². The Bertz CT molecular complexity index is 1140. The minimum atomic E-state index is -3.48. The van der Waals surface area contributed by atoms with Crippen molar-refractivity contribution in [2.24, 2.45) is 0 Å². The minimum absolute atomic E-state index is 0.280. The van der Waals surface area contributed by atoms with Gasteiger partial charge in [-0.3, -0.25) is 14.9 Å². The predicted molar refractivity (Wildman–Crippen MR) is 120 cm³/mol. The zero-order valence-corrected chi connectivity index (χ0v) is 19.2. The summed E-state index contributed by atoms with van der Waals surface area (Å²) in [5, 5.41) is 0. The molecule has 0 N–H and O–H groups in total. The molecule has 3 aromatic rings. The van der Waals surface area contributed by atoms with Crippen LogP contribution >= 0.6 is 0 Å². The Morgan fingerprint density at radius 1 is 1.16 bits per heavy atom. The van der Waals surface area contributed by atoms with Crippen molar-refractivity contribution >= 4 is 21.1 Å². The second-order valence-electron chi connectivity index (χ2n) is 8.30. The van der Waals surface area contributed by atoms with Crippen LogP contribution in [-0.4, -0.2) is 64.3 Å². The van der Waals surface area contributed by atoms with Crippen LogP contribution in [0.25, 0.3) is 11.0 Å². The Morgan fingerprint density at radius 3 is 2.58 bits per heavy atom. The van der Waals surface area contributed by atoms with Crippen LogP contribution < -0.4 is 0 Å². The maximum absolute atomic E-state index is 12.5. The molecule has 0 saturated carbocycles. The Hall–Kier alpha value is -2.36. The average Bonchev–Trinajstić information content (AvgIpc) is 3.11. The van der Waals surface area contributed by atoms with Gasteiger partial charge in [-0.15, -0.1) is 0 Å². The highest BCUT2D eigenvalue weighted by Gasteiger charge is 2.24. The lowest BCUT2D eigenvalue weighted by molar-refractivity contribution is 0.196. The van der Waals surface area contributed by atoms with Crippen LogP contribution in [0.1, 0.15) is 43.6 Å². The summed E-state index contributed by atoms with van der Waals surface area (Å²) >= 11 is 0. The van der Waals surface area contributed by atoms with E-state index in [1.807, 2.05) is 12.3 Å². The van der Waals surface area contributed by atoms with Crippen LogP contribution in [0.5, 0.6) is 0 Å². The van der Waals surface area contributed by atoms with Crippen LogP contribution in [0.15, 0.2) is 41.7 Å². The van der Waals surface area contributed by atoms with Gasteiger partial charge in [-0.05, 0) is 50.6 Å². The number of sulfonamides is 1. The Kier molecular flexibility index (Phi) is 6.36. The van der Waals surface area contributed by atoms with E-state index in [0.717, 1.165) is 68.0 Å². The topological polar surface area (TPSA) is 84.2 Å². The fraction of sp³-hybridized carbons (Fsp3) is 0.500. The summed E-state index contributed by atoms with van der Waals surface area (Å²) in [4.78, 5) is 16.2. The summed E-state index contributed by atoms with van der Waals surface area (Å²) in [7, 11) is -0.387. The van der Waals surface area contributed by atoms with Crippen molar-refractivity contribution < 1.29 is 8.42 Å². The van der Waals surface area contributed by atoms with E-state index in [1.54, 1.807) is 38.6 Å². The first kappa shape index (κ1) is 21.9. The van der Waals surface area contributed by atoms with Crippen molar-refractivity contribution in [2.75, 3.05) is 27.2 Å². The minimum Gasteiger partial charge on any atom is -0.327 e. The molecular weight excluding hydrogens is 412 g/mol. The van der Waals surface area contributed by atoms with Gasteiger partial charge in [0.15, 0.2) is 0 Å². The van der Waals surface area contributed by atoms with Crippen molar-refractivity contribution in [1.82, 2.24) is 28.7 Å². The number of aromatic nitrogens is 4. The second-order valence-corrected chi connectivity index (χ2v) is 10.5. The summed E-state index contributed by atoms with van der Waals surface area (Å²) in [5.41, 5.74) is 2.81. The van der Waals surface area contributed by atoms with Crippen molar-refractivity contribution in [3.8, 4) is 0 Å². The molecule has 0 atom stereocenters. The number of hydrogen-bond donors (Lipinski definition) is 0. The van der Waals surface area contributed by atoms with E-state index in [2.05, 4.69) is 26.4 Å². The number of imidazole rings is 1. The predicted octanol–water partition coefficient (Wildman–Crippen LogP) is 2.87. The lowest BCUT2D eigenvalue weighted by Crippen LogP contribution is -2.33. The summed E-state index contributed by atoms with van der Waals surface area (Å²) in [6, 6.07) is 5.26. The van der Waals surface area contributed by atoms with Crippen molar-refractivity contribution in [3.05, 3.63) is 48.3 Å². The molecule has 4 rings (SSSR count). The molecule has 0 radical (unpaired) electrons. The second kappa shape index (κ2) is 9.02. The number of rotatable bonds is 7. The SMILES string of the molecule is CCCn1c(CN2CCC(c3cnccn3)CC2)nc2cc(S(=O)(=O)N(C)C)ccc21. The van der Waals surface area contributed by atoms with Gasteiger partial charge in [0.05, 0.1) is 28.2 Å². The highest BCUT2D eigenvalue weighted by Crippen LogP contribution is 2.28. The monoisotopic (exact) mass is 442 g/mol. The largest absolute Gasteiger partial charge is 0.327 e. The Labute approximate surface area is 184 Å². The lowest BCUT2D eigenvalue weighted by atomic mass is 9.94. The van der Waals surface area contributed by atoms with Gasteiger partial charge in [-0.2, -0.15) is 0 Å². The van der Waals surface area contributed by atoms with Gasteiger partial charge in [0.2, 0.25) is 10.0 Å². The molecule has 1 aliphatic heterocycles. The van der Waals surface area contributed by atoms with Gasteiger partial charge in [0, 0.05) is 45.1 Å².